The summed E-state index contributed by atoms with van der Waals surface area (Å²) in [5.74, 6) is 5.47. The molecule has 3 aromatic rings. The highest BCUT2D eigenvalue weighted by Crippen LogP contribution is 2.37. The van der Waals surface area contributed by atoms with Gasteiger partial charge in [0.05, 0.1) is 6.04 Å². The van der Waals surface area contributed by atoms with E-state index in [0.717, 1.165) is 25.0 Å². The predicted molar refractivity (Wildman–Crippen MR) is 83.0 cm³/mol. The standard InChI is InChI=1S/C13H10BrFN2S2/c14-10-6-18-5-9(10)13(17-16)12-3-7-1-2-8(15)4-11(7)19-12/h1-6,13,17H,16H2. The second-order valence-corrected chi connectivity index (χ2v) is 6.82. The Hall–Kier alpha value is -0.790. The summed E-state index contributed by atoms with van der Waals surface area (Å²) < 4.78 is 15.2. The van der Waals surface area contributed by atoms with Gasteiger partial charge in [-0.3, -0.25) is 5.84 Å². The van der Waals surface area contributed by atoms with Crippen LogP contribution < -0.4 is 11.3 Å². The second-order valence-electron chi connectivity index (χ2n) is 4.11. The Morgan fingerprint density at radius 3 is 2.79 bits per heavy atom. The van der Waals surface area contributed by atoms with Gasteiger partial charge < -0.3 is 0 Å². The zero-order valence-electron chi connectivity index (χ0n) is 9.69. The van der Waals surface area contributed by atoms with E-state index in [1.54, 1.807) is 34.8 Å². The van der Waals surface area contributed by atoms with Crippen LogP contribution in [0.3, 0.4) is 0 Å². The lowest BCUT2D eigenvalue weighted by Gasteiger charge is -2.13. The van der Waals surface area contributed by atoms with E-state index in [4.69, 9.17) is 5.84 Å². The summed E-state index contributed by atoms with van der Waals surface area (Å²) in [5, 5.41) is 5.11. The van der Waals surface area contributed by atoms with Crippen molar-refractivity contribution in [1.29, 1.82) is 0 Å². The first-order chi connectivity index (χ1) is 9.19. The maximum absolute atomic E-state index is 13.2. The molecule has 2 nitrogen and oxygen atoms in total. The maximum atomic E-state index is 13.2. The number of thiophene rings is 2. The molecular formula is C13H10BrFN2S2. The van der Waals surface area contributed by atoms with Crippen molar-refractivity contribution in [3.05, 3.63) is 55.8 Å². The lowest BCUT2D eigenvalue weighted by Crippen LogP contribution is -2.28. The largest absolute Gasteiger partial charge is 0.271 e. The molecule has 6 heteroatoms. The minimum atomic E-state index is -0.213. The van der Waals surface area contributed by atoms with E-state index in [1.807, 2.05) is 11.4 Å². The van der Waals surface area contributed by atoms with Gasteiger partial charge in [-0.15, -0.1) is 11.3 Å². The van der Waals surface area contributed by atoms with Gasteiger partial charge in [-0.1, -0.05) is 6.07 Å². The number of rotatable bonds is 3. The molecule has 1 aromatic carbocycles. The maximum Gasteiger partial charge on any atom is 0.124 e. The van der Waals surface area contributed by atoms with E-state index in [9.17, 15) is 4.39 Å². The average molecular weight is 357 g/mol. The molecule has 0 radical (unpaired) electrons. The lowest BCUT2D eigenvalue weighted by atomic mass is 10.1. The fourth-order valence-corrected chi connectivity index (χ4v) is 4.71. The summed E-state index contributed by atoms with van der Waals surface area (Å²) in [4.78, 5) is 1.07. The van der Waals surface area contributed by atoms with E-state index in [1.165, 1.54) is 6.07 Å². The first-order valence-corrected chi connectivity index (χ1v) is 8.11. The minimum Gasteiger partial charge on any atom is -0.271 e. The van der Waals surface area contributed by atoms with Gasteiger partial charge in [-0.25, -0.2) is 9.82 Å². The summed E-state index contributed by atoms with van der Waals surface area (Å²) in [6, 6.07) is 6.79. The van der Waals surface area contributed by atoms with Crippen LogP contribution in [0.1, 0.15) is 16.5 Å². The van der Waals surface area contributed by atoms with Crippen molar-refractivity contribution < 1.29 is 4.39 Å². The predicted octanol–water partition coefficient (Wildman–Crippen LogP) is 4.42. The number of halogens is 2. The molecule has 3 N–H and O–H groups in total. The van der Waals surface area contributed by atoms with Crippen molar-refractivity contribution in [2.75, 3.05) is 0 Å². The van der Waals surface area contributed by atoms with Crippen LogP contribution in [-0.4, -0.2) is 0 Å². The molecule has 0 saturated carbocycles. The molecule has 98 valence electrons. The molecule has 0 amide bonds. The molecule has 3 rings (SSSR count). The van der Waals surface area contributed by atoms with Crippen LogP contribution >= 0.6 is 38.6 Å². The van der Waals surface area contributed by atoms with E-state index >= 15 is 0 Å². The summed E-state index contributed by atoms with van der Waals surface area (Å²) in [6.45, 7) is 0. The van der Waals surface area contributed by atoms with Gasteiger partial charge >= 0.3 is 0 Å². The van der Waals surface area contributed by atoms with E-state index in [0.29, 0.717) is 0 Å². The zero-order chi connectivity index (χ0) is 13.4. The number of hydrazine groups is 1. The van der Waals surface area contributed by atoms with Gasteiger partial charge in [-0.2, -0.15) is 11.3 Å². The van der Waals surface area contributed by atoms with Crippen molar-refractivity contribution >= 4 is 48.7 Å². The van der Waals surface area contributed by atoms with Crippen LogP contribution in [0.25, 0.3) is 10.1 Å². The van der Waals surface area contributed by atoms with E-state index in [2.05, 4.69) is 26.7 Å². The van der Waals surface area contributed by atoms with Crippen molar-refractivity contribution in [3.8, 4) is 0 Å². The van der Waals surface area contributed by atoms with Crippen molar-refractivity contribution in [1.82, 2.24) is 5.43 Å². The van der Waals surface area contributed by atoms with Crippen LogP contribution in [0.15, 0.2) is 39.5 Å². The first kappa shape index (κ1) is 13.2. The average Bonchev–Trinajstić information content (AvgIpc) is 2.97. The van der Waals surface area contributed by atoms with Crippen molar-refractivity contribution in [2.24, 2.45) is 5.84 Å². The molecular weight excluding hydrogens is 347 g/mol. The Morgan fingerprint density at radius 2 is 2.11 bits per heavy atom. The molecule has 1 unspecified atom stereocenters. The smallest absolute Gasteiger partial charge is 0.124 e. The molecule has 0 bridgehead atoms. The Balaban J connectivity index is 2.09. The van der Waals surface area contributed by atoms with Crippen LogP contribution in [0, 0.1) is 5.82 Å². The molecule has 0 aliphatic rings. The Labute approximate surface area is 126 Å². The monoisotopic (exact) mass is 356 g/mol. The molecule has 0 saturated heterocycles. The molecule has 19 heavy (non-hydrogen) atoms. The molecule has 0 fully saturated rings. The first-order valence-electron chi connectivity index (χ1n) is 5.56. The molecule has 0 aliphatic heterocycles. The van der Waals surface area contributed by atoms with Crippen molar-refractivity contribution in [2.45, 2.75) is 6.04 Å². The fraction of sp³-hybridized carbons (Fsp3) is 0.0769. The highest BCUT2D eigenvalue weighted by Gasteiger charge is 2.18. The molecule has 2 aromatic heterocycles. The summed E-state index contributed by atoms with van der Waals surface area (Å²) in [5.41, 5.74) is 3.93. The third kappa shape index (κ3) is 2.46. The minimum absolute atomic E-state index is 0.0823. The van der Waals surface area contributed by atoms with Crippen LogP contribution in [0.4, 0.5) is 4.39 Å². The summed E-state index contributed by atoms with van der Waals surface area (Å²) in [7, 11) is 0. The van der Waals surface area contributed by atoms with Crippen LogP contribution in [0.5, 0.6) is 0 Å². The topological polar surface area (TPSA) is 38.0 Å². The van der Waals surface area contributed by atoms with Gasteiger partial charge in [0.25, 0.3) is 0 Å². The second kappa shape index (κ2) is 5.30. The van der Waals surface area contributed by atoms with Gasteiger partial charge in [0, 0.05) is 25.0 Å². The SMILES string of the molecule is NNC(c1cc2ccc(F)cc2s1)c1cscc1Br. The van der Waals surface area contributed by atoms with Gasteiger partial charge in [0.1, 0.15) is 5.82 Å². The quantitative estimate of drug-likeness (QED) is 0.538. The normalized spacial score (nSPS) is 13.0. The summed E-state index contributed by atoms with van der Waals surface area (Å²) >= 11 is 6.69. The number of benzene rings is 1. The lowest BCUT2D eigenvalue weighted by molar-refractivity contribution is 0.630. The molecule has 1 atom stereocenters. The Bertz CT molecular complexity index is 722. The summed E-state index contributed by atoms with van der Waals surface area (Å²) in [6.07, 6.45) is 0. The van der Waals surface area contributed by atoms with Crippen molar-refractivity contribution in [3.63, 3.8) is 0 Å². The molecule has 0 spiro atoms. The number of hydrogen-bond donors (Lipinski definition) is 2. The van der Waals surface area contributed by atoms with Gasteiger partial charge in [-0.05, 0) is 44.9 Å². The number of fused-ring (bicyclic) bond motifs is 1. The van der Waals surface area contributed by atoms with Crippen LogP contribution in [-0.2, 0) is 0 Å². The van der Waals surface area contributed by atoms with Gasteiger partial charge in [0.2, 0.25) is 0 Å². The van der Waals surface area contributed by atoms with E-state index < -0.39 is 0 Å². The highest BCUT2D eigenvalue weighted by atomic mass is 79.9. The third-order valence-corrected chi connectivity index (χ3v) is 5.82. The number of nitrogens with two attached hydrogens (primary N) is 1. The highest BCUT2D eigenvalue weighted by molar-refractivity contribution is 9.10. The van der Waals surface area contributed by atoms with E-state index in [-0.39, 0.29) is 11.9 Å². The fourth-order valence-electron chi connectivity index (χ4n) is 1.99. The van der Waals surface area contributed by atoms with Gasteiger partial charge in [0.15, 0.2) is 0 Å². The Morgan fingerprint density at radius 1 is 1.26 bits per heavy atom. The zero-order valence-corrected chi connectivity index (χ0v) is 12.9. The Kier molecular flexibility index (Phi) is 3.68. The number of nitrogens with one attached hydrogen (secondary N) is 1. The van der Waals surface area contributed by atoms with Crippen LogP contribution in [0.2, 0.25) is 0 Å². The molecule has 0 aliphatic carbocycles. The molecule has 2 heterocycles. The number of hydrogen-bond acceptors (Lipinski definition) is 4. The third-order valence-electron chi connectivity index (χ3n) is 2.91.